The Kier molecular flexibility index (Phi) is 5.49. The second-order valence-corrected chi connectivity index (χ2v) is 3.61. The highest BCUT2D eigenvalue weighted by molar-refractivity contribution is 5.75. The minimum absolute atomic E-state index is 0.00729. The first-order chi connectivity index (χ1) is 7.72. The molecule has 6 nitrogen and oxygen atoms in total. The molecule has 1 heterocycles. The summed E-state index contributed by atoms with van der Waals surface area (Å²) in [5.74, 6) is 1.02. The van der Waals surface area contributed by atoms with Gasteiger partial charge < -0.3 is 15.6 Å². The molecule has 0 saturated heterocycles. The van der Waals surface area contributed by atoms with Crippen LogP contribution in [0.1, 0.15) is 37.4 Å². The first-order valence-corrected chi connectivity index (χ1v) is 5.48. The van der Waals surface area contributed by atoms with Gasteiger partial charge in [-0.25, -0.2) is 0 Å². The highest BCUT2D eigenvalue weighted by Gasteiger charge is 2.05. The van der Waals surface area contributed by atoms with E-state index < -0.39 is 0 Å². The van der Waals surface area contributed by atoms with Gasteiger partial charge in [-0.2, -0.15) is 4.98 Å². The van der Waals surface area contributed by atoms with Crippen LogP contribution in [0.4, 0.5) is 0 Å². The summed E-state index contributed by atoms with van der Waals surface area (Å²) in [7, 11) is 0. The fourth-order valence-corrected chi connectivity index (χ4v) is 1.28. The third-order valence-corrected chi connectivity index (χ3v) is 2.11. The molecule has 1 rings (SSSR count). The summed E-state index contributed by atoms with van der Waals surface area (Å²) in [4.78, 5) is 15.3. The lowest BCUT2D eigenvalue weighted by molar-refractivity contribution is -0.121. The first-order valence-electron chi connectivity index (χ1n) is 5.48. The van der Waals surface area contributed by atoms with Gasteiger partial charge in [-0.05, 0) is 26.3 Å². The van der Waals surface area contributed by atoms with E-state index >= 15 is 0 Å². The van der Waals surface area contributed by atoms with E-state index in [0.29, 0.717) is 31.2 Å². The summed E-state index contributed by atoms with van der Waals surface area (Å²) >= 11 is 0. The van der Waals surface area contributed by atoms with Gasteiger partial charge in [0.2, 0.25) is 11.8 Å². The van der Waals surface area contributed by atoms with Crippen LogP contribution in [0.3, 0.4) is 0 Å². The molecular formula is C10H18N4O2. The zero-order chi connectivity index (χ0) is 11.8. The van der Waals surface area contributed by atoms with E-state index in [-0.39, 0.29) is 5.91 Å². The number of aryl methyl sites for hydroxylation is 1. The lowest BCUT2D eigenvalue weighted by Crippen LogP contribution is -2.22. The molecule has 0 bridgehead atoms. The Morgan fingerprint density at radius 2 is 2.25 bits per heavy atom. The summed E-state index contributed by atoms with van der Waals surface area (Å²) in [6, 6.07) is 0. The van der Waals surface area contributed by atoms with Crippen molar-refractivity contribution in [3.63, 3.8) is 0 Å². The van der Waals surface area contributed by atoms with Crippen molar-refractivity contribution in [3.8, 4) is 0 Å². The van der Waals surface area contributed by atoms with E-state index in [9.17, 15) is 4.79 Å². The summed E-state index contributed by atoms with van der Waals surface area (Å²) in [6.07, 6.45) is 3.35. The minimum Gasteiger partial charge on any atom is -0.347 e. The number of hydrogen-bond acceptors (Lipinski definition) is 5. The number of hydrogen-bond donors (Lipinski definition) is 2. The molecule has 0 unspecified atom stereocenters. The molecule has 1 amide bonds. The van der Waals surface area contributed by atoms with Crippen LogP contribution in [0, 0.1) is 6.92 Å². The predicted molar refractivity (Wildman–Crippen MR) is 58.4 cm³/mol. The van der Waals surface area contributed by atoms with Crippen molar-refractivity contribution >= 4 is 5.91 Å². The highest BCUT2D eigenvalue weighted by atomic mass is 16.5. The van der Waals surface area contributed by atoms with Gasteiger partial charge in [-0.3, -0.25) is 4.79 Å². The third-order valence-electron chi connectivity index (χ3n) is 2.11. The predicted octanol–water partition coefficient (Wildman–Crippen LogP) is 0.513. The molecule has 3 N–H and O–H groups in total. The van der Waals surface area contributed by atoms with E-state index in [1.165, 1.54) is 0 Å². The van der Waals surface area contributed by atoms with Crippen molar-refractivity contribution in [2.45, 2.75) is 39.2 Å². The van der Waals surface area contributed by atoms with Crippen molar-refractivity contribution in [1.82, 2.24) is 15.5 Å². The molecule has 0 aliphatic carbocycles. The molecule has 0 fully saturated rings. The van der Waals surface area contributed by atoms with Gasteiger partial charge in [0, 0.05) is 6.42 Å². The lowest BCUT2D eigenvalue weighted by Gasteiger charge is -2.01. The van der Waals surface area contributed by atoms with Crippen LogP contribution in [0.15, 0.2) is 4.52 Å². The van der Waals surface area contributed by atoms with Crippen molar-refractivity contribution in [2.75, 3.05) is 6.54 Å². The summed E-state index contributed by atoms with van der Waals surface area (Å²) < 4.78 is 4.87. The lowest BCUT2D eigenvalue weighted by atomic mass is 10.2. The van der Waals surface area contributed by atoms with Crippen LogP contribution >= 0.6 is 0 Å². The Morgan fingerprint density at radius 1 is 1.44 bits per heavy atom. The zero-order valence-electron chi connectivity index (χ0n) is 9.53. The SMILES string of the molecule is Cc1noc(CNC(=O)CCCCCN)n1. The minimum atomic E-state index is 0.00729. The van der Waals surface area contributed by atoms with Gasteiger partial charge in [0.05, 0.1) is 6.54 Å². The Morgan fingerprint density at radius 3 is 2.88 bits per heavy atom. The Balaban J connectivity index is 2.10. The number of nitrogens with one attached hydrogen (secondary N) is 1. The second-order valence-electron chi connectivity index (χ2n) is 3.61. The Hall–Kier alpha value is -1.43. The van der Waals surface area contributed by atoms with Crippen molar-refractivity contribution in [1.29, 1.82) is 0 Å². The maximum Gasteiger partial charge on any atom is 0.246 e. The van der Waals surface area contributed by atoms with Crippen LogP contribution in [0.5, 0.6) is 0 Å². The number of amides is 1. The number of carbonyl (C=O) groups is 1. The number of nitrogens with two attached hydrogens (primary N) is 1. The number of nitrogens with zero attached hydrogens (tertiary/aromatic N) is 2. The van der Waals surface area contributed by atoms with Crippen LogP contribution in [-0.4, -0.2) is 22.6 Å². The maximum atomic E-state index is 11.4. The number of rotatable bonds is 7. The van der Waals surface area contributed by atoms with Crippen LogP contribution < -0.4 is 11.1 Å². The van der Waals surface area contributed by atoms with E-state index in [2.05, 4.69) is 15.5 Å². The van der Waals surface area contributed by atoms with Crippen molar-refractivity contribution in [2.24, 2.45) is 5.73 Å². The third kappa shape index (κ3) is 4.88. The zero-order valence-corrected chi connectivity index (χ0v) is 9.53. The molecule has 0 atom stereocenters. The summed E-state index contributed by atoms with van der Waals surface area (Å²) in [6.45, 7) is 2.72. The molecule has 1 aromatic heterocycles. The molecule has 0 aliphatic rings. The fourth-order valence-electron chi connectivity index (χ4n) is 1.28. The molecule has 0 spiro atoms. The van der Waals surface area contributed by atoms with Gasteiger partial charge >= 0.3 is 0 Å². The smallest absolute Gasteiger partial charge is 0.246 e. The molecule has 0 aromatic carbocycles. The molecule has 1 aromatic rings. The number of aromatic nitrogens is 2. The average Bonchev–Trinajstić information content (AvgIpc) is 2.68. The second kappa shape index (κ2) is 6.95. The van der Waals surface area contributed by atoms with Crippen molar-refractivity contribution in [3.05, 3.63) is 11.7 Å². The molecule has 16 heavy (non-hydrogen) atoms. The largest absolute Gasteiger partial charge is 0.347 e. The van der Waals surface area contributed by atoms with Gasteiger partial charge in [0.1, 0.15) is 0 Å². The molecule has 6 heteroatoms. The average molecular weight is 226 g/mol. The van der Waals surface area contributed by atoms with E-state index in [0.717, 1.165) is 19.3 Å². The first kappa shape index (κ1) is 12.6. The number of carbonyl (C=O) groups excluding carboxylic acids is 1. The molecule has 90 valence electrons. The van der Waals surface area contributed by atoms with E-state index in [4.69, 9.17) is 10.3 Å². The van der Waals surface area contributed by atoms with Crippen LogP contribution in [0.25, 0.3) is 0 Å². The highest BCUT2D eigenvalue weighted by Crippen LogP contribution is 1.99. The monoisotopic (exact) mass is 226 g/mol. The fraction of sp³-hybridized carbons (Fsp3) is 0.700. The standard InChI is InChI=1S/C10H18N4O2/c1-8-13-10(16-14-8)7-12-9(15)5-3-2-4-6-11/h2-7,11H2,1H3,(H,12,15). The quantitative estimate of drug-likeness (QED) is 0.661. The van der Waals surface area contributed by atoms with E-state index in [1.54, 1.807) is 6.92 Å². The Labute approximate surface area is 94.6 Å². The Bertz CT molecular complexity index is 324. The normalized spacial score (nSPS) is 10.4. The maximum absolute atomic E-state index is 11.4. The summed E-state index contributed by atoms with van der Waals surface area (Å²) in [5, 5.41) is 6.35. The number of unbranched alkanes of at least 4 members (excludes halogenated alkanes) is 2. The molecular weight excluding hydrogens is 208 g/mol. The topological polar surface area (TPSA) is 94.0 Å². The van der Waals surface area contributed by atoms with Gasteiger partial charge in [0.25, 0.3) is 0 Å². The van der Waals surface area contributed by atoms with Crippen molar-refractivity contribution < 1.29 is 9.32 Å². The van der Waals surface area contributed by atoms with Crippen LogP contribution in [0.2, 0.25) is 0 Å². The van der Waals surface area contributed by atoms with Crippen LogP contribution in [-0.2, 0) is 11.3 Å². The van der Waals surface area contributed by atoms with Gasteiger partial charge in [0.15, 0.2) is 5.82 Å². The molecule has 0 aliphatic heterocycles. The van der Waals surface area contributed by atoms with Gasteiger partial charge in [-0.1, -0.05) is 11.6 Å². The van der Waals surface area contributed by atoms with Gasteiger partial charge in [-0.15, -0.1) is 0 Å². The molecule has 0 saturated carbocycles. The molecule has 0 radical (unpaired) electrons. The van der Waals surface area contributed by atoms with E-state index in [1.807, 2.05) is 0 Å². The summed E-state index contributed by atoms with van der Waals surface area (Å²) in [5.41, 5.74) is 5.35.